The van der Waals surface area contributed by atoms with E-state index in [0.29, 0.717) is 10.9 Å². The van der Waals surface area contributed by atoms with E-state index in [2.05, 4.69) is 54.4 Å². The number of benzene rings is 1. The zero-order chi connectivity index (χ0) is 20.7. The maximum atomic E-state index is 9.24. The second-order valence-corrected chi connectivity index (χ2v) is 9.78. The molecule has 29 heavy (non-hydrogen) atoms. The number of anilines is 1. The maximum Gasteiger partial charge on any atom is 0.150 e. The zero-order valence-corrected chi connectivity index (χ0v) is 20.3. The quantitative estimate of drug-likeness (QED) is 0.452. The standard InChI is InChI=1S/C21H23Br2ClN4O/c1-12-11-28(19-16(22)9-15(24)10-17(19)23)21-18(12)20(25-13(2)26-21)27-6-3-14(4-7-27)5-8-29/h9-11,14,29H,3-8H2,1-2H3. The SMILES string of the molecule is Cc1nc(N2CCC(CCO)CC2)c2c(C)cn(-c3c(Br)cc(Cl)cc3Br)c2n1. The second kappa shape index (κ2) is 8.53. The van der Waals surface area contributed by atoms with Gasteiger partial charge in [-0.25, -0.2) is 9.97 Å². The lowest BCUT2D eigenvalue weighted by atomic mass is 9.94. The van der Waals surface area contributed by atoms with Gasteiger partial charge in [0.25, 0.3) is 0 Å². The Balaban J connectivity index is 1.82. The lowest BCUT2D eigenvalue weighted by Gasteiger charge is -2.33. The summed E-state index contributed by atoms with van der Waals surface area (Å²) in [6, 6.07) is 3.79. The van der Waals surface area contributed by atoms with Gasteiger partial charge in [0, 0.05) is 39.9 Å². The summed E-state index contributed by atoms with van der Waals surface area (Å²) in [5.41, 5.74) is 3.01. The molecule has 1 fully saturated rings. The van der Waals surface area contributed by atoms with Crippen LogP contribution in [-0.4, -0.2) is 39.3 Å². The van der Waals surface area contributed by atoms with Gasteiger partial charge in [-0.3, -0.25) is 4.57 Å². The Kier molecular flexibility index (Phi) is 6.21. The van der Waals surface area contributed by atoms with Crippen molar-refractivity contribution < 1.29 is 5.11 Å². The number of hydrogen-bond acceptors (Lipinski definition) is 4. The van der Waals surface area contributed by atoms with Crippen molar-refractivity contribution in [3.63, 3.8) is 0 Å². The van der Waals surface area contributed by atoms with Gasteiger partial charge < -0.3 is 10.0 Å². The monoisotopic (exact) mass is 540 g/mol. The number of rotatable bonds is 4. The highest BCUT2D eigenvalue weighted by atomic mass is 79.9. The Hall–Kier alpha value is -1.15. The summed E-state index contributed by atoms with van der Waals surface area (Å²) in [4.78, 5) is 12.0. The van der Waals surface area contributed by atoms with E-state index in [4.69, 9.17) is 21.6 Å². The fourth-order valence-electron chi connectivity index (χ4n) is 4.17. The summed E-state index contributed by atoms with van der Waals surface area (Å²) < 4.78 is 3.90. The Bertz CT molecular complexity index is 1040. The number of aliphatic hydroxyl groups excluding tert-OH is 1. The number of nitrogens with zero attached hydrogens (tertiary/aromatic N) is 4. The van der Waals surface area contributed by atoms with Gasteiger partial charge in [0.1, 0.15) is 11.6 Å². The molecular weight excluding hydrogens is 520 g/mol. The van der Waals surface area contributed by atoms with Crippen LogP contribution in [0.4, 0.5) is 5.82 Å². The Morgan fingerprint density at radius 1 is 1.14 bits per heavy atom. The molecule has 0 radical (unpaired) electrons. The number of piperidine rings is 1. The molecule has 1 N–H and O–H groups in total. The molecule has 1 aliphatic rings. The molecule has 2 aromatic heterocycles. The van der Waals surface area contributed by atoms with Crippen molar-refractivity contribution in [2.75, 3.05) is 24.6 Å². The van der Waals surface area contributed by atoms with Crippen molar-refractivity contribution in [3.8, 4) is 5.69 Å². The molecule has 0 aliphatic carbocycles. The Morgan fingerprint density at radius 3 is 2.41 bits per heavy atom. The van der Waals surface area contributed by atoms with E-state index in [1.54, 1.807) is 0 Å². The van der Waals surface area contributed by atoms with Crippen molar-refractivity contribution in [3.05, 3.63) is 43.7 Å². The van der Waals surface area contributed by atoms with E-state index < -0.39 is 0 Å². The minimum absolute atomic E-state index is 0.272. The molecule has 0 bridgehead atoms. The molecule has 4 rings (SSSR count). The van der Waals surface area contributed by atoms with Gasteiger partial charge >= 0.3 is 0 Å². The molecule has 0 atom stereocenters. The smallest absolute Gasteiger partial charge is 0.150 e. The van der Waals surface area contributed by atoms with Gasteiger partial charge in [-0.15, -0.1) is 0 Å². The number of halogens is 3. The van der Waals surface area contributed by atoms with Gasteiger partial charge in [-0.05, 0) is 88.6 Å². The van der Waals surface area contributed by atoms with Crippen LogP contribution < -0.4 is 4.90 Å². The summed E-state index contributed by atoms with van der Waals surface area (Å²) in [6.07, 6.45) is 5.16. The maximum absolute atomic E-state index is 9.24. The molecule has 5 nitrogen and oxygen atoms in total. The predicted octanol–water partition coefficient (Wildman–Crippen LogP) is 5.81. The van der Waals surface area contributed by atoms with Crippen molar-refractivity contribution in [2.24, 2.45) is 5.92 Å². The van der Waals surface area contributed by atoms with Gasteiger partial charge in [-0.2, -0.15) is 0 Å². The van der Waals surface area contributed by atoms with E-state index >= 15 is 0 Å². The third kappa shape index (κ3) is 4.07. The highest BCUT2D eigenvalue weighted by molar-refractivity contribution is 9.11. The molecule has 0 amide bonds. The van der Waals surface area contributed by atoms with Crippen LogP contribution in [0.1, 0.15) is 30.7 Å². The number of hydrogen-bond donors (Lipinski definition) is 1. The average Bonchev–Trinajstić information content (AvgIpc) is 2.97. The van der Waals surface area contributed by atoms with E-state index in [0.717, 1.165) is 75.2 Å². The number of aliphatic hydroxyl groups is 1. The minimum atomic E-state index is 0.272. The highest BCUT2D eigenvalue weighted by Crippen LogP contribution is 2.38. The first-order valence-corrected chi connectivity index (χ1v) is 11.7. The van der Waals surface area contributed by atoms with Crippen LogP contribution in [0.25, 0.3) is 16.7 Å². The largest absolute Gasteiger partial charge is 0.396 e. The third-order valence-corrected chi connectivity index (χ3v) is 7.03. The van der Waals surface area contributed by atoms with Crippen LogP contribution in [-0.2, 0) is 0 Å². The van der Waals surface area contributed by atoms with E-state index in [9.17, 15) is 5.11 Å². The number of aryl methyl sites for hydroxylation is 2. The van der Waals surface area contributed by atoms with Crippen LogP contribution >= 0.6 is 43.5 Å². The van der Waals surface area contributed by atoms with Crippen LogP contribution in [0, 0.1) is 19.8 Å². The molecule has 3 heterocycles. The molecule has 0 spiro atoms. The molecule has 0 saturated carbocycles. The minimum Gasteiger partial charge on any atom is -0.396 e. The third-order valence-electron chi connectivity index (χ3n) is 5.60. The lowest BCUT2D eigenvalue weighted by molar-refractivity contribution is 0.240. The molecule has 8 heteroatoms. The highest BCUT2D eigenvalue weighted by Gasteiger charge is 2.25. The fourth-order valence-corrected chi connectivity index (χ4v) is 6.22. The van der Waals surface area contributed by atoms with Crippen LogP contribution in [0.5, 0.6) is 0 Å². The average molecular weight is 543 g/mol. The normalized spacial score (nSPS) is 15.4. The van der Waals surface area contributed by atoms with Crippen LogP contribution in [0.2, 0.25) is 5.02 Å². The molecular formula is C21H23Br2ClN4O. The van der Waals surface area contributed by atoms with Gasteiger partial charge in [0.15, 0.2) is 5.65 Å². The van der Waals surface area contributed by atoms with Crippen molar-refractivity contribution in [1.82, 2.24) is 14.5 Å². The first-order chi connectivity index (χ1) is 13.9. The first-order valence-electron chi connectivity index (χ1n) is 9.76. The van der Waals surface area contributed by atoms with Crippen molar-refractivity contribution in [1.29, 1.82) is 0 Å². The zero-order valence-electron chi connectivity index (χ0n) is 16.4. The van der Waals surface area contributed by atoms with Gasteiger partial charge in [0.05, 0.1) is 11.1 Å². The topological polar surface area (TPSA) is 54.2 Å². The number of aromatic nitrogens is 3. The number of fused-ring (bicyclic) bond motifs is 1. The van der Waals surface area contributed by atoms with Gasteiger partial charge in [-0.1, -0.05) is 11.6 Å². The van der Waals surface area contributed by atoms with Gasteiger partial charge in [0.2, 0.25) is 0 Å². The fraction of sp³-hybridized carbons (Fsp3) is 0.429. The second-order valence-electron chi connectivity index (χ2n) is 7.64. The summed E-state index contributed by atoms with van der Waals surface area (Å²) in [7, 11) is 0. The summed E-state index contributed by atoms with van der Waals surface area (Å²) in [5.74, 6) is 2.36. The molecule has 0 unspecified atom stereocenters. The lowest BCUT2D eigenvalue weighted by Crippen LogP contribution is -2.34. The first kappa shape index (κ1) is 21.1. The summed E-state index contributed by atoms with van der Waals surface area (Å²) in [6.45, 7) is 6.23. The van der Waals surface area contributed by atoms with E-state index in [1.807, 2.05) is 19.1 Å². The Morgan fingerprint density at radius 2 is 1.79 bits per heavy atom. The molecule has 1 aliphatic heterocycles. The van der Waals surface area contributed by atoms with E-state index in [1.165, 1.54) is 0 Å². The summed E-state index contributed by atoms with van der Waals surface area (Å²) >= 11 is 13.5. The van der Waals surface area contributed by atoms with Crippen molar-refractivity contribution >= 4 is 60.3 Å². The van der Waals surface area contributed by atoms with Crippen LogP contribution in [0.15, 0.2) is 27.3 Å². The molecule has 1 saturated heterocycles. The summed E-state index contributed by atoms with van der Waals surface area (Å²) in [5, 5.41) is 11.0. The Labute approximate surface area is 192 Å². The molecule has 3 aromatic rings. The predicted molar refractivity (Wildman–Crippen MR) is 125 cm³/mol. The van der Waals surface area contributed by atoms with Crippen LogP contribution in [0.3, 0.4) is 0 Å². The van der Waals surface area contributed by atoms with E-state index in [-0.39, 0.29) is 6.61 Å². The molecule has 1 aromatic carbocycles. The molecule has 154 valence electrons. The van der Waals surface area contributed by atoms with Crippen molar-refractivity contribution in [2.45, 2.75) is 33.1 Å².